The Balaban J connectivity index is 1.94. The Bertz CT molecular complexity index is 762. The number of carbonyl (C=O) groups is 3. The molecule has 1 fully saturated rings. The first kappa shape index (κ1) is 21.1. The van der Waals surface area contributed by atoms with Crippen molar-refractivity contribution in [3.63, 3.8) is 0 Å². The average molecular weight is 406 g/mol. The maximum absolute atomic E-state index is 12.5. The van der Waals surface area contributed by atoms with Gasteiger partial charge in [0.25, 0.3) is 5.91 Å². The number of thioether (sulfide) groups is 1. The Morgan fingerprint density at radius 3 is 2.56 bits per heavy atom. The minimum atomic E-state index is -1.31. The lowest BCUT2D eigenvalue weighted by atomic mass is 10.0. The molecular weight excluding hydrogens is 384 g/mol. The van der Waals surface area contributed by atoms with Gasteiger partial charge in [-0.25, -0.2) is 0 Å². The van der Waals surface area contributed by atoms with E-state index in [0.29, 0.717) is 9.23 Å². The van der Waals surface area contributed by atoms with Crippen LogP contribution in [0.4, 0.5) is 0 Å². The molecule has 0 aliphatic carbocycles. The number of carbonyl (C=O) groups excluding carboxylic acids is 3. The van der Waals surface area contributed by atoms with Gasteiger partial charge in [0.15, 0.2) is 0 Å². The van der Waals surface area contributed by atoms with Gasteiger partial charge < -0.3 is 15.2 Å². The van der Waals surface area contributed by atoms with E-state index >= 15 is 0 Å². The fourth-order valence-electron chi connectivity index (χ4n) is 2.56. The predicted octanol–water partition coefficient (Wildman–Crippen LogP) is 1.56. The van der Waals surface area contributed by atoms with Crippen LogP contribution in [0.1, 0.15) is 32.3 Å². The molecular formula is C19H21N2O4S2-. The van der Waals surface area contributed by atoms with Gasteiger partial charge in [0.1, 0.15) is 4.32 Å². The molecule has 144 valence electrons. The summed E-state index contributed by atoms with van der Waals surface area (Å²) in [5.41, 5.74) is 0.890. The van der Waals surface area contributed by atoms with E-state index in [4.69, 9.17) is 12.2 Å². The van der Waals surface area contributed by atoms with Crippen molar-refractivity contribution in [3.05, 3.63) is 40.8 Å². The maximum Gasteiger partial charge on any atom is 0.266 e. The van der Waals surface area contributed by atoms with Crippen molar-refractivity contribution in [2.75, 3.05) is 6.54 Å². The summed E-state index contributed by atoms with van der Waals surface area (Å²) >= 11 is 6.43. The van der Waals surface area contributed by atoms with E-state index in [2.05, 4.69) is 5.32 Å². The van der Waals surface area contributed by atoms with Crippen LogP contribution in [0, 0.1) is 5.92 Å². The molecule has 1 aromatic rings. The summed E-state index contributed by atoms with van der Waals surface area (Å²) in [4.78, 5) is 37.6. The molecule has 6 nitrogen and oxygen atoms in total. The van der Waals surface area contributed by atoms with Crippen LogP contribution >= 0.6 is 24.0 Å². The second-order valence-corrected chi connectivity index (χ2v) is 8.24. The zero-order valence-electron chi connectivity index (χ0n) is 15.1. The molecule has 1 aliphatic heterocycles. The number of aliphatic carboxylic acids is 1. The Labute approximate surface area is 168 Å². The predicted molar refractivity (Wildman–Crippen MR) is 107 cm³/mol. The van der Waals surface area contributed by atoms with Crippen LogP contribution < -0.4 is 10.4 Å². The molecule has 0 unspecified atom stereocenters. The largest absolute Gasteiger partial charge is 0.548 e. The van der Waals surface area contributed by atoms with Crippen LogP contribution in [0.25, 0.3) is 6.08 Å². The maximum atomic E-state index is 12.5. The summed E-state index contributed by atoms with van der Waals surface area (Å²) in [7, 11) is 0. The standard InChI is InChI=1S/C19H22N2O4S2/c1-12(2)10-14(18(24)25)20-16(22)8-9-21-17(23)15(27-19(21)26)11-13-6-4-3-5-7-13/h3-7,11-12,14H,8-10H2,1-2H3,(H,20,22)(H,24,25)/p-1/b15-11+/t14-/m1/s1. The first-order chi connectivity index (χ1) is 12.8. The minimum absolute atomic E-state index is 0.0348. The third kappa shape index (κ3) is 6.18. The third-order valence-electron chi connectivity index (χ3n) is 3.86. The average Bonchev–Trinajstić information content (AvgIpc) is 2.86. The molecule has 0 radical (unpaired) electrons. The van der Waals surface area contributed by atoms with E-state index in [9.17, 15) is 19.5 Å². The second-order valence-electron chi connectivity index (χ2n) is 6.56. The summed E-state index contributed by atoms with van der Waals surface area (Å²) in [6, 6.07) is 8.37. The highest BCUT2D eigenvalue weighted by Gasteiger charge is 2.32. The number of carboxylic acid groups (broad SMARTS) is 1. The normalized spacial score (nSPS) is 16.9. The molecule has 1 saturated heterocycles. The zero-order valence-corrected chi connectivity index (χ0v) is 16.8. The SMILES string of the molecule is CC(C)C[C@@H](NC(=O)CCN1C(=O)/C(=C\c2ccccc2)SC1=S)C(=O)[O-]. The third-order valence-corrected chi connectivity index (χ3v) is 5.24. The van der Waals surface area contributed by atoms with E-state index in [1.807, 2.05) is 44.2 Å². The molecule has 2 amide bonds. The topological polar surface area (TPSA) is 89.5 Å². The quantitative estimate of drug-likeness (QED) is 0.521. The number of hydrogen-bond acceptors (Lipinski definition) is 6. The van der Waals surface area contributed by atoms with Gasteiger partial charge in [0.2, 0.25) is 5.91 Å². The number of hydrogen-bond donors (Lipinski definition) is 1. The number of benzene rings is 1. The minimum Gasteiger partial charge on any atom is -0.548 e. The number of nitrogens with one attached hydrogen (secondary N) is 1. The van der Waals surface area contributed by atoms with Crippen molar-refractivity contribution in [1.82, 2.24) is 10.2 Å². The van der Waals surface area contributed by atoms with Crippen LogP contribution in [0.5, 0.6) is 0 Å². The van der Waals surface area contributed by atoms with Gasteiger partial charge in [-0.3, -0.25) is 14.5 Å². The Hall–Kier alpha value is -2.19. The molecule has 1 aromatic carbocycles. The van der Waals surface area contributed by atoms with E-state index < -0.39 is 17.9 Å². The monoisotopic (exact) mass is 405 g/mol. The van der Waals surface area contributed by atoms with Gasteiger partial charge in [-0.15, -0.1) is 0 Å². The molecule has 0 spiro atoms. The molecule has 27 heavy (non-hydrogen) atoms. The van der Waals surface area contributed by atoms with E-state index in [1.165, 1.54) is 16.7 Å². The van der Waals surface area contributed by atoms with E-state index in [-0.39, 0.29) is 31.2 Å². The molecule has 0 saturated carbocycles. The van der Waals surface area contributed by atoms with Crippen LogP contribution in [-0.4, -0.2) is 39.6 Å². The number of amides is 2. The highest BCUT2D eigenvalue weighted by atomic mass is 32.2. The Kier molecular flexibility index (Phi) is 7.55. The van der Waals surface area contributed by atoms with Gasteiger partial charge in [-0.2, -0.15) is 0 Å². The van der Waals surface area contributed by atoms with Crippen LogP contribution in [-0.2, 0) is 14.4 Å². The van der Waals surface area contributed by atoms with Gasteiger partial charge >= 0.3 is 0 Å². The number of carboxylic acids is 1. The molecule has 8 heteroatoms. The van der Waals surface area contributed by atoms with Crippen molar-refractivity contribution in [2.45, 2.75) is 32.7 Å². The van der Waals surface area contributed by atoms with Gasteiger partial charge in [-0.1, -0.05) is 68.2 Å². The lowest BCUT2D eigenvalue weighted by molar-refractivity contribution is -0.308. The highest BCUT2D eigenvalue weighted by molar-refractivity contribution is 8.26. The lowest BCUT2D eigenvalue weighted by Crippen LogP contribution is -2.49. The first-order valence-electron chi connectivity index (χ1n) is 8.58. The summed E-state index contributed by atoms with van der Waals surface area (Å²) < 4.78 is 0.383. The van der Waals surface area contributed by atoms with E-state index in [1.54, 1.807) is 6.08 Å². The van der Waals surface area contributed by atoms with Gasteiger partial charge in [-0.05, 0) is 24.0 Å². The molecule has 1 heterocycles. The molecule has 0 aromatic heterocycles. The second kappa shape index (κ2) is 9.66. The lowest BCUT2D eigenvalue weighted by Gasteiger charge is -2.22. The van der Waals surface area contributed by atoms with Crippen molar-refractivity contribution in [2.24, 2.45) is 5.92 Å². The van der Waals surface area contributed by atoms with Crippen molar-refractivity contribution in [1.29, 1.82) is 0 Å². The fourth-order valence-corrected chi connectivity index (χ4v) is 3.87. The van der Waals surface area contributed by atoms with Gasteiger partial charge in [0.05, 0.1) is 16.9 Å². The first-order valence-corrected chi connectivity index (χ1v) is 9.81. The summed E-state index contributed by atoms with van der Waals surface area (Å²) in [5, 5.41) is 13.6. The summed E-state index contributed by atoms with van der Waals surface area (Å²) in [5.74, 6) is -1.91. The smallest absolute Gasteiger partial charge is 0.266 e. The number of nitrogens with zero attached hydrogens (tertiary/aromatic N) is 1. The molecule has 1 aliphatic rings. The molecule has 1 N–H and O–H groups in total. The molecule has 2 rings (SSSR count). The Morgan fingerprint density at radius 1 is 1.30 bits per heavy atom. The van der Waals surface area contributed by atoms with Gasteiger partial charge in [0, 0.05) is 13.0 Å². The van der Waals surface area contributed by atoms with Crippen LogP contribution in [0.2, 0.25) is 0 Å². The number of rotatable bonds is 8. The van der Waals surface area contributed by atoms with E-state index in [0.717, 1.165) is 5.56 Å². The fraction of sp³-hybridized carbons (Fsp3) is 0.368. The molecule has 0 bridgehead atoms. The summed E-state index contributed by atoms with van der Waals surface area (Å²) in [6.45, 7) is 3.83. The zero-order chi connectivity index (χ0) is 20.0. The highest BCUT2D eigenvalue weighted by Crippen LogP contribution is 2.32. The summed E-state index contributed by atoms with van der Waals surface area (Å²) in [6.07, 6.45) is 2.01. The van der Waals surface area contributed by atoms with Crippen molar-refractivity contribution >= 4 is 52.2 Å². The van der Waals surface area contributed by atoms with Crippen molar-refractivity contribution in [3.8, 4) is 0 Å². The van der Waals surface area contributed by atoms with Crippen LogP contribution in [0.15, 0.2) is 35.2 Å². The van der Waals surface area contributed by atoms with Crippen molar-refractivity contribution < 1.29 is 19.5 Å². The molecule has 1 atom stereocenters. The number of thiocarbonyl (C=S) groups is 1. The Morgan fingerprint density at radius 2 is 1.96 bits per heavy atom. The van der Waals surface area contributed by atoms with Crippen LogP contribution in [0.3, 0.4) is 0 Å².